The van der Waals surface area contributed by atoms with E-state index < -0.39 is 18.0 Å². The number of esters is 1. The number of aryl methyl sites for hydroxylation is 1. The van der Waals surface area contributed by atoms with Crippen molar-refractivity contribution in [2.45, 2.75) is 19.8 Å². The van der Waals surface area contributed by atoms with Crippen molar-refractivity contribution in [1.82, 2.24) is 5.32 Å². The lowest BCUT2D eigenvalue weighted by atomic mass is 10.1. The topological polar surface area (TPSA) is 105 Å². The number of ether oxygens (including phenoxy) is 1. The Balaban J connectivity index is 2.19. The highest BCUT2D eigenvalue weighted by Crippen LogP contribution is 2.37. The van der Waals surface area contributed by atoms with Gasteiger partial charge in [0.1, 0.15) is 4.88 Å². The predicted octanol–water partition coefficient (Wildman–Crippen LogP) is 3.50. The summed E-state index contributed by atoms with van der Waals surface area (Å²) in [5.41, 5.74) is 3.06. The molecule has 138 valence electrons. The maximum Gasteiger partial charge on any atom is 0.350 e. The first kappa shape index (κ1) is 19.5. The number of thiophene rings is 1. The lowest BCUT2D eigenvalue weighted by Gasteiger charge is -2.10. The Morgan fingerprint density at radius 1 is 1.19 bits per heavy atom. The molecule has 0 saturated carbocycles. The predicted molar refractivity (Wildman–Crippen MR) is 99.7 cm³/mol. The molecule has 0 aliphatic carbocycles. The Labute approximate surface area is 155 Å². The SMILES string of the molecule is COC(=O)c1scc(-c2ccc(C)cc2)c1NC(=O)NCCCC(=O)O. The molecule has 0 fully saturated rings. The molecule has 2 rings (SSSR count). The second kappa shape index (κ2) is 9.00. The van der Waals surface area contributed by atoms with Crippen molar-refractivity contribution in [3.8, 4) is 11.1 Å². The Morgan fingerprint density at radius 3 is 2.50 bits per heavy atom. The van der Waals surface area contributed by atoms with E-state index in [1.54, 1.807) is 5.38 Å². The van der Waals surface area contributed by atoms with Gasteiger partial charge < -0.3 is 20.5 Å². The fourth-order valence-corrected chi connectivity index (χ4v) is 3.22. The van der Waals surface area contributed by atoms with Gasteiger partial charge in [-0.25, -0.2) is 9.59 Å². The van der Waals surface area contributed by atoms with Crippen LogP contribution < -0.4 is 10.6 Å². The number of carbonyl (C=O) groups excluding carboxylic acids is 2. The van der Waals surface area contributed by atoms with Gasteiger partial charge in [0.2, 0.25) is 0 Å². The molecule has 1 aromatic heterocycles. The van der Waals surface area contributed by atoms with Crippen LogP contribution in [-0.4, -0.2) is 36.7 Å². The van der Waals surface area contributed by atoms with E-state index in [0.717, 1.165) is 16.7 Å². The summed E-state index contributed by atoms with van der Waals surface area (Å²) in [4.78, 5) is 34.9. The normalized spacial score (nSPS) is 10.2. The van der Waals surface area contributed by atoms with Crippen molar-refractivity contribution in [2.24, 2.45) is 0 Å². The molecule has 0 saturated heterocycles. The number of anilines is 1. The molecule has 0 aliphatic rings. The van der Waals surface area contributed by atoms with Crippen molar-refractivity contribution >= 4 is 35.0 Å². The molecule has 1 heterocycles. The smallest absolute Gasteiger partial charge is 0.350 e. The Morgan fingerprint density at radius 2 is 1.88 bits per heavy atom. The third kappa shape index (κ3) is 5.06. The minimum atomic E-state index is -0.917. The number of benzene rings is 1. The molecule has 3 N–H and O–H groups in total. The van der Waals surface area contributed by atoms with E-state index in [9.17, 15) is 14.4 Å². The third-order valence-corrected chi connectivity index (χ3v) is 4.58. The van der Waals surface area contributed by atoms with Crippen molar-refractivity contribution in [1.29, 1.82) is 0 Å². The van der Waals surface area contributed by atoms with Crippen molar-refractivity contribution in [3.63, 3.8) is 0 Å². The lowest BCUT2D eigenvalue weighted by molar-refractivity contribution is -0.137. The van der Waals surface area contributed by atoms with Crippen LogP contribution in [0.15, 0.2) is 29.6 Å². The molecule has 1 aromatic carbocycles. The van der Waals surface area contributed by atoms with E-state index in [-0.39, 0.29) is 13.0 Å². The van der Waals surface area contributed by atoms with E-state index >= 15 is 0 Å². The zero-order chi connectivity index (χ0) is 19.1. The molecular formula is C18H20N2O5S. The summed E-state index contributed by atoms with van der Waals surface area (Å²) in [7, 11) is 1.28. The van der Waals surface area contributed by atoms with Crippen LogP contribution in [0, 0.1) is 6.92 Å². The third-order valence-electron chi connectivity index (χ3n) is 3.62. The number of aliphatic carboxylic acids is 1. The van der Waals surface area contributed by atoms with Crippen LogP contribution in [0.1, 0.15) is 28.1 Å². The largest absolute Gasteiger partial charge is 0.481 e. The van der Waals surface area contributed by atoms with E-state index in [1.807, 2.05) is 31.2 Å². The fourth-order valence-electron chi connectivity index (χ4n) is 2.27. The zero-order valence-corrected chi connectivity index (χ0v) is 15.3. The zero-order valence-electron chi connectivity index (χ0n) is 14.5. The average Bonchev–Trinajstić information content (AvgIpc) is 3.02. The Bertz CT molecular complexity index is 798. The number of amides is 2. The lowest BCUT2D eigenvalue weighted by Crippen LogP contribution is -2.30. The summed E-state index contributed by atoms with van der Waals surface area (Å²) in [6.07, 6.45) is 0.293. The summed E-state index contributed by atoms with van der Waals surface area (Å²) in [5.74, 6) is -1.45. The highest BCUT2D eigenvalue weighted by atomic mass is 32.1. The van der Waals surface area contributed by atoms with Gasteiger partial charge >= 0.3 is 18.0 Å². The summed E-state index contributed by atoms with van der Waals surface area (Å²) < 4.78 is 4.79. The van der Waals surface area contributed by atoms with Crippen LogP contribution in [-0.2, 0) is 9.53 Å². The Hall–Kier alpha value is -2.87. The van der Waals surface area contributed by atoms with Gasteiger partial charge in [0.25, 0.3) is 0 Å². The van der Waals surface area contributed by atoms with Gasteiger partial charge in [-0.1, -0.05) is 29.8 Å². The highest BCUT2D eigenvalue weighted by molar-refractivity contribution is 7.13. The van der Waals surface area contributed by atoms with E-state index in [4.69, 9.17) is 9.84 Å². The summed E-state index contributed by atoms with van der Waals surface area (Å²) >= 11 is 1.19. The number of carbonyl (C=O) groups is 3. The monoisotopic (exact) mass is 376 g/mol. The van der Waals surface area contributed by atoms with Crippen LogP contribution in [0.5, 0.6) is 0 Å². The molecule has 7 nitrogen and oxygen atoms in total. The van der Waals surface area contributed by atoms with Crippen LogP contribution >= 0.6 is 11.3 Å². The van der Waals surface area contributed by atoms with Gasteiger partial charge in [-0.15, -0.1) is 11.3 Å². The van der Waals surface area contributed by atoms with Gasteiger partial charge in [-0.3, -0.25) is 4.79 Å². The van der Waals surface area contributed by atoms with Gasteiger partial charge in [-0.05, 0) is 18.9 Å². The number of urea groups is 1. The number of rotatable bonds is 7. The van der Waals surface area contributed by atoms with E-state index in [1.165, 1.54) is 18.4 Å². The average molecular weight is 376 g/mol. The first-order valence-electron chi connectivity index (χ1n) is 7.96. The Kier molecular flexibility index (Phi) is 6.74. The standard InChI is InChI=1S/C18H20N2O5S/c1-11-5-7-12(8-6-11)13-10-26-16(17(23)25-2)15(13)20-18(24)19-9-3-4-14(21)22/h5-8,10H,3-4,9H2,1-2H3,(H,21,22)(H2,19,20,24). The minimum absolute atomic E-state index is 0.0270. The first-order valence-corrected chi connectivity index (χ1v) is 8.83. The molecule has 0 atom stereocenters. The minimum Gasteiger partial charge on any atom is -0.481 e. The van der Waals surface area contributed by atoms with Crippen LogP contribution in [0.4, 0.5) is 10.5 Å². The summed E-state index contributed by atoms with van der Waals surface area (Å²) in [6.45, 7) is 2.19. The second-order valence-corrected chi connectivity index (χ2v) is 6.47. The summed E-state index contributed by atoms with van der Waals surface area (Å²) in [5, 5.41) is 15.7. The first-order chi connectivity index (χ1) is 12.4. The van der Waals surface area contributed by atoms with Gasteiger partial charge in [0.15, 0.2) is 0 Å². The molecule has 2 aromatic rings. The van der Waals surface area contributed by atoms with Crippen LogP contribution in [0.25, 0.3) is 11.1 Å². The van der Waals surface area contributed by atoms with E-state index in [2.05, 4.69) is 10.6 Å². The molecule has 0 bridgehead atoms. The number of hydrogen-bond donors (Lipinski definition) is 3. The van der Waals surface area contributed by atoms with Crippen LogP contribution in [0.3, 0.4) is 0 Å². The quantitative estimate of drug-likeness (QED) is 0.507. The van der Waals surface area contributed by atoms with Crippen molar-refractivity contribution in [3.05, 3.63) is 40.1 Å². The number of carboxylic acids is 1. The maximum absolute atomic E-state index is 12.1. The van der Waals surface area contributed by atoms with Gasteiger partial charge in [0, 0.05) is 23.9 Å². The molecule has 0 spiro atoms. The van der Waals surface area contributed by atoms with Crippen LogP contribution in [0.2, 0.25) is 0 Å². The van der Waals surface area contributed by atoms with Crippen molar-refractivity contribution < 1.29 is 24.2 Å². The summed E-state index contributed by atoms with van der Waals surface area (Å²) in [6, 6.07) is 7.21. The fraction of sp³-hybridized carbons (Fsp3) is 0.278. The number of nitrogens with one attached hydrogen (secondary N) is 2. The van der Waals surface area contributed by atoms with Gasteiger partial charge in [-0.2, -0.15) is 0 Å². The molecule has 8 heteroatoms. The highest BCUT2D eigenvalue weighted by Gasteiger charge is 2.21. The molecule has 0 unspecified atom stereocenters. The number of carboxylic acid groups (broad SMARTS) is 1. The number of methoxy groups -OCH3 is 1. The van der Waals surface area contributed by atoms with E-state index in [0.29, 0.717) is 17.0 Å². The molecule has 0 radical (unpaired) electrons. The maximum atomic E-state index is 12.1. The molecule has 0 aliphatic heterocycles. The molecule has 26 heavy (non-hydrogen) atoms. The molecular weight excluding hydrogens is 356 g/mol. The molecule has 2 amide bonds. The second-order valence-electron chi connectivity index (χ2n) is 5.59. The van der Waals surface area contributed by atoms with Gasteiger partial charge in [0.05, 0.1) is 12.8 Å². The number of hydrogen-bond acceptors (Lipinski definition) is 5. The van der Waals surface area contributed by atoms with Crippen molar-refractivity contribution in [2.75, 3.05) is 19.0 Å².